The number of nitrogens with zero attached hydrogens (tertiary/aromatic N) is 2. The Morgan fingerprint density at radius 1 is 1.24 bits per heavy atom. The van der Waals surface area contributed by atoms with Crippen molar-refractivity contribution in [1.82, 2.24) is 9.38 Å². The molecule has 0 aliphatic heterocycles. The minimum Gasteiger partial charge on any atom is -0.497 e. The lowest BCUT2D eigenvalue weighted by atomic mass is 10.1. The Balaban J connectivity index is 1.59. The van der Waals surface area contributed by atoms with Crippen molar-refractivity contribution in [2.75, 3.05) is 20.8 Å². The first-order chi connectivity index (χ1) is 12.1. The van der Waals surface area contributed by atoms with Crippen LogP contribution in [-0.2, 0) is 16.0 Å². The van der Waals surface area contributed by atoms with E-state index in [2.05, 4.69) is 4.98 Å². The number of methoxy groups -OCH3 is 2. The molecule has 0 fully saturated rings. The minimum atomic E-state index is -0.508. The van der Waals surface area contributed by atoms with E-state index in [0.29, 0.717) is 22.8 Å². The largest absolute Gasteiger partial charge is 0.497 e. The van der Waals surface area contributed by atoms with E-state index in [-0.39, 0.29) is 18.8 Å². The molecule has 0 radical (unpaired) electrons. The molecule has 0 N–H and O–H groups in total. The first-order valence-corrected chi connectivity index (χ1v) is 8.30. The van der Waals surface area contributed by atoms with Gasteiger partial charge in [0.2, 0.25) is 5.78 Å². The van der Waals surface area contributed by atoms with E-state index >= 15 is 0 Å². The lowest BCUT2D eigenvalue weighted by Gasteiger charge is -2.09. The number of hydrogen-bond donors (Lipinski definition) is 0. The van der Waals surface area contributed by atoms with E-state index in [1.54, 1.807) is 24.4 Å². The number of benzene rings is 1. The summed E-state index contributed by atoms with van der Waals surface area (Å²) in [6.45, 7) is -0.357. The molecule has 130 valence electrons. The van der Waals surface area contributed by atoms with Crippen LogP contribution >= 0.6 is 11.3 Å². The maximum Gasteiger partial charge on any atom is 0.312 e. The molecule has 0 bridgehead atoms. The molecule has 0 atom stereocenters. The summed E-state index contributed by atoms with van der Waals surface area (Å²) < 4.78 is 17.2. The van der Waals surface area contributed by atoms with Crippen molar-refractivity contribution in [3.63, 3.8) is 0 Å². The van der Waals surface area contributed by atoms with E-state index in [9.17, 15) is 9.59 Å². The van der Waals surface area contributed by atoms with Gasteiger partial charge in [-0.15, -0.1) is 11.3 Å². The molecule has 2 aromatic heterocycles. The zero-order valence-electron chi connectivity index (χ0n) is 13.7. The summed E-state index contributed by atoms with van der Waals surface area (Å²) in [7, 11) is 2.99. The number of carbonyl (C=O) groups is 2. The molecule has 25 heavy (non-hydrogen) atoms. The molecule has 0 spiro atoms. The number of esters is 1. The van der Waals surface area contributed by atoms with Gasteiger partial charge < -0.3 is 14.2 Å². The second-order valence-corrected chi connectivity index (χ2v) is 6.02. The van der Waals surface area contributed by atoms with Crippen molar-refractivity contribution in [2.24, 2.45) is 0 Å². The van der Waals surface area contributed by atoms with Gasteiger partial charge in [-0.25, -0.2) is 4.98 Å². The lowest BCUT2D eigenvalue weighted by molar-refractivity contribution is -0.141. The molecule has 2 heterocycles. The fourth-order valence-electron chi connectivity index (χ4n) is 2.31. The Bertz CT molecular complexity index is 886. The van der Waals surface area contributed by atoms with Crippen LogP contribution in [0, 0.1) is 0 Å². The van der Waals surface area contributed by atoms with E-state index in [1.807, 2.05) is 16.0 Å². The van der Waals surface area contributed by atoms with Gasteiger partial charge in [0.25, 0.3) is 0 Å². The van der Waals surface area contributed by atoms with Gasteiger partial charge in [-0.1, -0.05) is 0 Å². The second-order valence-electron chi connectivity index (χ2n) is 5.15. The molecule has 0 amide bonds. The summed E-state index contributed by atoms with van der Waals surface area (Å²) in [6.07, 6.45) is 3.64. The fourth-order valence-corrected chi connectivity index (χ4v) is 3.03. The number of imidazole rings is 1. The number of hydrogen-bond acceptors (Lipinski definition) is 7. The second kappa shape index (κ2) is 7.35. The Kier molecular flexibility index (Phi) is 4.99. The Morgan fingerprint density at radius 2 is 2.08 bits per heavy atom. The smallest absolute Gasteiger partial charge is 0.312 e. The summed E-state index contributed by atoms with van der Waals surface area (Å²) in [5, 5.41) is 1.91. The maximum absolute atomic E-state index is 12.3. The van der Waals surface area contributed by atoms with Crippen LogP contribution in [0.25, 0.3) is 4.96 Å². The van der Waals surface area contributed by atoms with Crippen molar-refractivity contribution in [3.8, 4) is 11.5 Å². The number of carbonyl (C=O) groups excluding carboxylic acids is 2. The highest BCUT2D eigenvalue weighted by Crippen LogP contribution is 2.25. The van der Waals surface area contributed by atoms with Crippen LogP contribution in [0.2, 0.25) is 0 Å². The summed E-state index contributed by atoms with van der Waals surface area (Å²) in [5.74, 6) is 0.0881. The van der Waals surface area contributed by atoms with Crippen molar-refractivity contribution in [1.29, 1.82) is 0 Å². The van der Waals surface area contributed by atoms with Gasteiger partial charge in [-0.05, 0) is 12.1 Å². The van der Waals surface area contributed by atoms with Crippen molar-refractivity contribution in [3.05, 3.63) is 47.2 Å². The number of ketones is 1. The Morgan fingerprint density at radius 3 is 2.80 bits per heavy atom. The standard InChI is InChI=1S/C17H16N2O5S/c1-22-12-3-4-13(15(8-12)23-2)14(20)10-24-16(21)7-11-9-19-5-6-25-17(19)18-11/h3-6,8-9H,7,10H2,1-2H3. The molecule has 0 saturated heterocycles. The SMILES string of the molecule is COc1ccc(C(=O)COC(=O)Cc2cn3ccsc3n2)c(OC)c1. The summed E-state index contributed by atoms with van der Waals surface area (Å²) in [6, 6.07) is 4.83. The average molecular weight is 360 g/mol. The number of fused-ring (bicyclic) bond motifs is 1. The van der Waals surface area contributed by atoms with Gasteiger partial charge in [0, 0.05) is 23.8 Å². The number of thiazole rings is 1. The molecular formula is C17H16N2O5S. The quantitative estimate of drug-likeness (QED) is 0.475. The van der Waals surface area contributed by atoms with Crippen LogP contribution in [0.1, 0.15) is 16.1 Å². The molecule has 7 nitrogen and oxygen atoms in total. The zero-order valence-corrected chi connectivity index (χ0v) is 14.5. The van der Waals surface area contributed by atoms with Crippen molar-refractivity contribution < 1.29 is 23.8 Å². The predicted octanol–water partition coefficient (Wildman–Crippen LogP) is 2.38. The monoisotopic (exact) mass is 360 g/mol. The fraction of sp³-hybridized carbons (Fsp3) is 0.235. The van der Waals surface area contributed by atoms with Gasteiger partial charge in [-0.3, -0.25) is 14.0 Å². The average Bonchev–Trinajstić information content (AvgIpc) is 3.20. The van der Waals surface area contributed by atoms with Crippen LogP contribution in [0.4, 0.5) is 0 Å². The van der Waals surface area contributed by atoms with E-state index in [0.717, 1.165) is 4.96 Å². The molecule has 8 heteroatoms. The summed E-state index contributed by atoms with van der Waals surface area (Å²) in [5.41, 5.74) is 0.935. The zero-order chi connectivity index (χ0) is 17.8. The van der Waals surface area contributed by atoms with Gasteiger partial charge in [0.05, 0.1) is 31.9 Å². The minimum absolute atomic E-state index is 0.0153. The van der Waals surface area contributed by atoms with Crippen LogP contribution < -0.4 is 9.47 Å². The third kappa shape index (κ3) is 3.80. The molecule has 0 unspecified atom stereocenters. The third-order valence-electron chi connectivity index (χ3n) is 3.54. The molecule has 3 aromatic rings. The normalized spacial score (nSPS) is 10.6. The predicted molar refractivity (Wildman–Crippen MR) is 91.6 cm³/mol. The number of Topliss-reactive ketones (excluding diaryl/α,β-unsaturated/α-hetero) is 1. The van der Waals surface area contributed by atoms with E-state index in [1.165, 1.54) is 25.6 Å². The van der Waals surface area contributed by atoms with Gasteiger partial charge in [0.1, 0.15) is 11.5 Å². The van der Waals surface area contributed by atoms with Gasteiger partial charge in [0.15, 0.2) is 11.6 Å². The van der Waals surface area contributed by atoms with Gasteiger partial charge >= 0.3 is 5.97 Å². The molecule has 3 rings (SSSR count). The number of aromatic nitrogens is 2. The Labute approximate surface area is 147 Å². The highest BCUT2D eigenvalue weighted by atomic mass is 32.1. The number of ether oxygens (including phenoxy) is 3. The topological polar surface area (TPSA) is 79.1 Å². The van der Waals surface area contributed by atoms with Crippen LogP contribution in [0.15, 0.2) is 36.0 Å². The molecule has 1 aromatic carbocycles. The van der Waals surface area contributed by atoms with Crippen LogP contribution in [-0.4, -0.2) is 42.0 Å². The van der Waals surface area contributed by atoms with Crippen LogP contribution in [0.3, 0.4) is 0 Å². The first kappa shape index (κ1) is 17.0. The Hall–Kier alpha value is -2.87. The maximum atomic E-state index is 12.3. The van der Waals surface area contributed by atoms with Crippen molar-refractivity contribution in [2.45, 2.75) is 6.42 Å². The highest BCUT2D eigenvalue weighted by molar-refractivity contribution is 7.15. The third-order valence-corrected chi connectivity index (χ3v) is 4.31. The summed E-state index contributed by atoms with van der Waals surface area (Å²) in [4.78, 5) is 29.3. The molecule has 0 aliphatic rings. The van der Waals surface area contributed by atoms with Crippen LogP contribution in [0.5, 0.6) is 11.5 Å². The highest BCUT2D eigenvalue weighted by Gasteiger charge is 2.16. The van der Waals surface area contributed by atoms with Gasteiger partial charge in [-0.2, -0.15) is 0 Å². The molecule has 0 saturated carbocycles. The van der Waals surface area contributed by atoms with Crippen molar-refractivity contribution >= 4 is 28.1 Å². The number of rotatable bonds is 7. The first-order valence-electron chi connectivity index (χ1n) is 7.42. The molecular weight excluding hydrogens is 344 g/mol. The summed E-state index contributed by atoms with van der Waals surface area (Å²) >= 11 is 1.48. The van der Waals surface area contributed by atoms with E-state index < -0.39 is 5.97 Å². The lowest BCUT2D eigenvalue weighted by Crippen LogP contribution is -2.16. The van der Waals surface area contributed by atoms with E-state index in [4.69, 9.17) is 14.2 Å². The molecule has 0 aliphatic carbocycles.